The van der Waals surface area contributed by atoms with Crippen LogP contribution in [-0.4, -0.2) is 4.83 Å². The third-order valence-corrected chi connectivity index (χ3v) is 5.31. The molecule has 1 saturated carbocycles. The van der Waals surface area contributed by atoms with Gasteiger partial charge in [-0.1, -0.05) is 52.5 Å². The van der Waals surface area contributed by atoms with E-state index in [-0.39, 0.29) is 0 Å². The van der Waals surface area contributed by atoms with Crippen molar-refractivity contribution in [1.82, 2.24) is 0 Å². The van der Waals surface area contributed by atoms with Gasteiger partial charge in [0.15, 0.2) is 0 Å². The van der Waals surface area contributed by atoms with Crippen LogP contribution in [0.1, 0.15) is 48.8 Å². The molecule has 0 heterocycles. The Morgan fingerprint density at radius 1 is 1.24 bits per heavy atom. The zero-order valence-electron chi connectivity index (χ0n) is 11.0. The minimum Gasteiger partial charge on any atom is -0.0888 e. The first-order chi connectivity index (χ1) is 8.16. The molecule has 0 radical (unpaired) electrons. The van der Waals surface area contributed by atoms with E-state index >= 15 is 0 Å². The lowest BCUT2D eigenvalue weighted by Crippen LogP contribution is -2.12. The van der Waals surface area contributed by atoms with Gasteiger partial charge < -0.3 is 0 Å². The van der Waals surface area contributed by atoms with Crippen molar-refractivity contribution in [2.45, 2.75) is 57.2 Å². The molecule has 0 bridgehead atoms. The summed E-state index contributed by atoms with van der Waals surface area (Å²) in [5.74, 6) is 0.931. The lowest BCUT2D eigenvalue weighted by Gasteiger charge is -2.17. The molecule has 1 aliphatic rings. The molecule has 1 unspecified atom stereocenters. The molecule has 0 spiro atoms. The molecule has 0 amide bonds. The molecule has 2 rings (SSSR count). The summed E-state index contributed by atoms with van der Waals surface area (Å²) in [5.41, 5.74) is 4.37. The Hall–Kier alpha value is -0.300. The Morgan fingerprint density at radius 3 is 2.65 bits per heavy atom. The van der Waals surface area contributed by atoms with Crippen LogP contribution in [0.15, 0.2) is 18.2 Å². The van der Waals surface area contributed by atoms with Gasteiger partial charge in [0.05, 0.1) is 0 Å². The molecular weight excluding hydrogens is 272 g/mol. The zero-order chi connectivity index (χ0) is 12.3. The fraction of sp³-hybridized carbons (Fsp3) is 0.625. The number of alkyl halides is 1. The topological polar surface area (TPSA) is 0 Å². The van der Waals surface area contributed by atoms with Crippen molar-refractivity contribution in [3.05, 3.63) is 34.9 Å². The van der Waals surface area contributed by atoms with Gasteiger partial charge in [0.1, 0.15) is 0 Å². The van der Waals surface area contributed by atoms with Crippen molar-refractivity contribution >= 4 is 15.9 Å². The van der Waals surface area contributed by atoms with Crippen molar-refractivity contribution in [3.63, 3.8) is 0 Å². The fourth-order valence-electron chi connectivity index (χ4n) is 2.92. The summed E-state index contributed by atoms with van der Waals surface area (Å²) in [6.45, 7) is 4.42. The minimum absolute atomic E-state index is 0.727. The Bertz CT molecular complexity index is 364. The van der Waals surface area contributed by atoms with Crippen molar-refractivity contribution in [2.75, 3.05) is 0 Å². The third kappa shape index (κ3) is 3.58. The Balaban J connectivity index is 1.90. The summed E-state index contributed by atoms with van der Waals surface area (Å²) in [6.07, 6.45) is 8.26. The lowest BCUT2D eigenvalue weighted by molar-refractivity contribution is 0.505. The first-order valence-electron chi connectivity index (χ1n) is 6.87. The summed E-state index contributed by atoms with van der Waals surface area (Å²) in [6, 6.07) is 6.81. The number of aryl methyl sites for hydroxylation is 3. The highest BCUT2D eigenvalue weighted by Crippen LogP contribution is 2.33. The van der Waals surface area contributed by atoms with E-state index in [4.69, 9.17) is 0 Å². The smallest absolute Gasteiger partial charge is 0.0177 e. The van der Waals surface area contributed by atoms with Crippen LogP contribution in [-0.2, 0) is 6.42 Å². The summed E-state index contributed by atoms with van der Waals surface area (Å²) >= 11 is 3.91. The van der Waals surface area contributed by atoms with Crippen LogP contribution in [0, 0.1) is 19.8 Å². The maximum absolute atomic E-state index is 3.91. The number of hydrogen-bond acceptors (Lipinski definition) is 0. The standard InChI is InChI=1S/C16H23Br/c1-12-7-8-13(2)15(11-12)9-10-16(17)14-5-3-4-6-14/h7-8,11,14,16H,3-6,9-10H2,1-2H3. The van der Waals surface area contributed by atoms with Gasteiger partial charge in [-0.25, -0.2) is 0 Å². The molecule has 1 aromatic rings. The van der Waals surface area contributed by atoms with Crippen LogP contribution in [0.4, 0.5) is 0 Å². The second kappa shape index (κ2) is 6.04. The summed E-state index contributed by atoms with van der Waals surface area (Å²) in [4.78, 5) is 0.727. The molecule has 0 aromatic heterocycles. The van der Waals surface area contributed by atoms with Crippen LogP contribution >= 0.6 is 15.9 Å². The molecule has 1 atom stereocenters. The van der Waals surface area contributed by atoms with E-state index in [2.05, 4.69) is 48.0 Å². The highest BCUT2D eigenvalue weighted by molar-refractivity contribution is 9.09. The molecule has 0 saturated heterocycles. The van der Waals surface area contributed by atoms with Gasteiger partial charge in [-0.2, -0.15) is 0 Å². The van der Waals surface area contributed by atoms with Gasteiger partial charge in [-0.05, 0) is 56.6 Å². The SMILES string of the molecule is Cc1ccc(C)c(CCC(Br)C2CCCC2)c1. The Kier molecular flexibility index (Phi) is 4.67. The van der Waals surface area contributed by atoms with E-state index in [0.29, 0.717) is 0 Å². The number of benzene rings is 1. The van der Waals surface area contributed by atoms with E-state index in [1.54, 1.807) is 0 Å². The first-order valence-corrected chi connectivity index (χ1v) is 7.78. The van der Waals surface area contributed by atoms with Crippen molar-refractivity contribution in [2.24, 2.45) is 5.92 Å². The van der Waals surface area contributed by atoms with E-state index in [1.165, 1.54) is 55.2 Å². The molecule has 17 heavy (non-hydrogen) atoms. The summed E-state index contributed by atoms with van der Waals surface area (Å²) in [5, 5.41) is 0. The second-order valence-electron chi connectivity index (χ2n) is 5.53. The van der Waals surface area contributed by atoms with E-state index in [0.717, 1.165) is 10.7 Å². The predicted molar refractivity (Wildman–Crippen MR) is 78.9 cm³/mol. The highest BCUT2D eigenvalue weighted by Gasteiger charge is 2.22. The third-order valence-electron chi connectivity index (χ3n) is 4.11. The van der Waals surface area contributed by atoms with Crippen LogP contribution < -0.4 is 0 Å². The average Bonchev–Trinajstić information content (AvgIpc) is 2.83. The van der Waals surface area contributed by atoms with Gasteiger partial charge in [0.2, 0.25) is 0 Å². The summed E-state index contributed by atoms with van der Waals surface area (Å²) in [7, 11) is 0. The molecule has 0 nitrogen and oxygen atoms in total. The van der Waals surface area contributed by atoms with Gasteiger partial charge >= 0.3 is 0 Å². The number of rotatable bonds is 4. The molecule has 0 aliphatic heterocycles. The molecule has 0 N–H and O–H groups in total. The quantitative estimate of drug-likeness (QED) is 0.671. The van der Waals surface area contributed by atoms with E-state index < -0.39 is 0 Å². The molecule has 1 aliphatic carbocycles. The fourth-order valence-corrected chi connectivity index (χ4v) is 3.68. The van der Waals surface area contributed by atoms with Crippen molar-refractivity contribution < 1.29 is 0 Å². The van der Waals surface area contributed by atoms with Gasteiger partial charge in [-0.3, -0.25) is 0 Å². The molecule has 94 valence electrons. The predicted octanol–water partition coefficient (Wildman–Crippen LogP) is 5.19. The maximum atomic E-state index is 3.91. The molecule has 1 heteroatoms. The largest absolute Gasteiger partial charge is 0.0888 e. The summed E-state index contributed by atoms with van der Waals surface area (Å²) < 4.78 is 0. The van der Waals surface area contributed by atoms with Crippen LogP contribution in [0.2, 0.25) is 0 Å². The van der Waals surface area contributed by atoms with Crippen molar-refractivity contribution in [1.29, 1.82) is 0 Å². The van der Waals surface area contributed by atoms with Gasteiger partial charge in [0.25, 0.3) is 0 Å². The second-order valence-corrected chi connectivity index (χ2v) is 6.71. The average molecular weight is 295 g/mol. The lowest BCUT2D eigenvalue weighted by atomic mass is 9.95. The highest BCUT2D eigenvalue weighted by atomic mass is 79.9. The van der Waals surface area contributed by atoms with Crippen LogP contribution in [0.3, 0.4) is 0 Å². The van der Waals surface area contributed by atoms with E-state index in [9.17, 15) is 0 Å². The first kappa shape index (κ1) is 13.1. The number of halogens is 1. The van der Waals surface area contributed by atoms with E-state index in [1.807, 2.05) is 0 Å². The Labute approximate surface area is 114 Å². The normalized spacial score (nSPS) is 18.5. The Morgan fingerprint density at radius 2 is 1.94 bits per heavy atom. The van der Waals surface area contributed by atoms with Crippen LogP contribution in [0.5, 0.6) is 0 Å². The molecular formula is C16H23Br. The monoisotopic (exact) mass is 294 g/mol. The van der Waals surface area contributed by atoms with Gasteiger partial charge in [-0.15, -0.1) is 0 Å². The number of hydrogen-bond donors (Lipinski definition) is 0. The molecule has 1 fully saturated rings. The van der Waals surface area contributed by atoms with Crippen molar-refractivity contribution in [3.8, 4) is 0 Å². The minimum atomic E-state index is 0.727. The van der Waals surface area contributed by atoms with Crippen LogP contribution in [0.25, 0.3) is 0 Å². The zero-order valence-corrected chi connectivity index (χ0v) is 12.6. The van der Waals surface area contributed by atoms with Gasteiger partial charge in [0, 0.05) is 4.83 Å². The maximum Gasteiger partial charge on any atom is 0.0177 e. The molecule has 1 aromatic carbocycles.